The van der Waals surface area contributed by atoms with Gasteiger partial charge < -0.3 is 10.1 Å². The standard InChI is InChI=1S/C26H28N2O4S/c1-19-13-15-23(16-14-19)33(30,31)28(21-9-6-10-22(17-21)32-2)18-26(29)27-25-12-5-8-20-7-3-4-11-24(20)25/h3-4,6-7,9-11,13-17,25H,5,8,12,18H2,1-2H3,(H,27,29)/t25-/m0/s1. The Labute approximate surface area is 195 Å². The van der Waals surface area contributed by atoms with E-state index in [2.05, 4.69) is 11.4 Å². The van der Waals surface area contributed by atoms with Gasteiger partial charge in [-0.1, -0.05) is 48.0 Å². The van der Waals surface area contributed by atoms with Crippen LogP contribution in [0.25, 0.3) is 0 Å². The molecular formula is C26H28N2O4S. The smallest absolute Gasteiger partial charge is 0.264 e. The second kappa shape index (κ2) is 9.67. The molecule has 1 N–H and O–H groups in total. The zero-order valence-electron chi connectivity index (χ0n) is 18.8. The molecule has 0 saturated heterocycles. The molecule has 0 unspecified atom stereocenters. The highest BCUT2D eigenvalue weighted by Gasteiger charge is 2.29. The van der Waals surface area contributed by atoms with Gasteiger partial charge in [-0.3, -0.25) is 9.10 Å². The van der Waals surface area contributed by atoms with Gasteiger partial charge in [-0.25, -0.2) is 8.42 Å². The van der Waals surface area contributed by atoms with Crippen LogP contribution in [0.15, 0.2) is 77.7 Å². The molecular weight excluding hydrogens is 436 g/mol. The third kappa shape index (κ3) is 5.03. The molecule has 0 fully saturated rings. The van der Waals surface area contributed by atoms with E-state index in [1.807, 2.05) is 25.1 Å². The second-order valence-corrected chi connectivity index (χ2v) is 10.1. The lowest BCUT2D eigenvalue weighted by atomic mass is 9.88. The summed E-state index contributed by atoms with van der Waals surface area (Å²) in [5.74, 6) is 0.161. The van der Waals surface area contributed by atoms with Crippen LogP contribution in [0.1, 0.15) is 35.6 Å². The molecule has 0 spiro atoms. The summed E-state index contributed by atoms with van der Waals surface area (Å²) in [5, 5.41) is 3.06. The summed E-state index contributed by atoms with van der Waals surface area (Å²) >= 11 is 0. The summed E-state index contributed by atoms with van der Waals surface area (Å²) in [5.41, 5.74) is 3.65. The maximum absolute atomic E-state index is 13.6. The number of methoxy groups -OCH3 is 1. The molecule has 0 aliphatic heterocycles. The predicted octanol–water partition coefficient (Wildman–Crippen LogP) is 4.39. The Bertz CT molecular complexity index is 1240. The van der Waals surface area contributed by atoms with E-state index < -0.39 is 10.0 Å². The predicted molar refractivity (Wildman–Crippen MR) is 129 cm³/mol. The maximum Gasteiger partial charge on any atom is 0.264 e. The summed E-state index contributed by atoms with van der Waals surface area (Å²) in [6.45, 7) is 1.56. The fourth-order valence-corrected chi connectivity index (χ4v) is 5.61. The molecule has 0 aromatic heterocycles. The minimum atomic E-state index is -3.98. The number of amides is 1. The lowest BCUT2D eigenvalue weighted by Gasteiger charge is -2.29. The Morgan fingerprint density at radius 3 is 2.58 bits per heavy atom. The number of hydrogen-bond donors (Lipinski definition) is 1. The van der Waals surface area contributed by atoms with Crippen LogP contribution in [-0.2, 0) is 21.2 Å². The van der Waals surface area contributed by atoms with Crippen LogP contribution in [0.3, 0.4) is 0 Å². The Kier molecular flexibility index (Phi) is 6.70. The molecule has 3 aromatic rings. The molecule has 1 aliphatic rings. The van der Waals surface area contributed by atoms with Gasteiger partial charge in [0.15, 0.2) is 0 Å². The normalized spacial score (nSPS) is 15.4. The number of carbonyl (C=O) groups excluding carboxylic acids is 1. The molecule has 6 nitrogen and oxygen atoms in total. The zero-order valence-corrected chi connectivity index (χ0v) is 19.6. The molecule has 0 bridgehead atoms. The molecule has 4 rings (SSSR count). The van der Waals surface area contributed by atoms with E-state index in [4.69, 9.17) is 4.74 Å². The highest BCUT2D eigenvalue weighted by molar-refractivity contribution is 7.92. The second-order valence-electron chi connectivity index (χ2n) is 8.24. The number of fused-ring (bicyclic) bond motifs is 1. The number of benzene rings is 3. The van der Waals surface area contributed by atoms with Crippen molar-refractivity contribution in [3.63, 3.8) is 0 Å². The van der Waals surface area contributed by atoms with Gasteiger partial charge in [-0.15, -0.1) is 0 Å². The SMILES string of the molecule is COc1cccc(N(CC(=O)N[C@H]2CCCc3ccccc32)S(=O)(=O)c2ccc(C)cc2)c1. The maximum atomic E-state index is 13.6. The van der Waals surface area contributed by atoms with Gasteiger partial charge in [0, 0.05) is 6.07 Å². The molecule has 3 aromatic carbocycles. The molecule has 0 radical (unpaired) electrons. The van der Waals surface area contributed by atoms with Gasteiger partial charge in [0.05, 0.1) is 23.7 Å². The average molecular weight is 465 g/mol. The minimum Gasteiger partial charge on any atom is -0.497 e. The molecule has 1 amide bonds. The van der Waals surface area contributed by atoms with Crippen LogP contribution in [0.2, 0.25) is 0 Å². The number of rotatable bonds is 7. The van der Waals surface area contributed by atoms with E-state index in [1.54, 1.807) is 48.5 Å². The third-order valence-electron chi connectivity index (χ3n) is 5.94. The number of nitrogens with zero attached hydrogens (tertiary/aromatic N) is 1. The van der Waals surface area contributed by atoms with Crippen molar-refractivity contribution >= 4 is 21.6 Å². The first kappa shape index (κ1) is 22.9. The summed E-state index contributed by atoms with van der Waals surface area (Å²) < 4.78 is 33.6. The van der Waals surface area contributed by atoms with Gasteiger partial charge in [0.1, 0.15) is 12.3 Å². The Hall–Kier alpha value is -3.32. The number of hydrogen-bond acceptors (Lipinski definition) is 4. The molecule has 0 heterocycles. The average Bonchev–Trinajstić information content (AvgIpc) is 2.83. The first-order chi connectivity index (χ1) is 15.9. The van der Waals surface area contributed by atoms with Crippen molar-refractivity contribution in [2.24, 2.45) is 0 Å². The Morgan fingerprint density at radius 1 is 1.06 bits per heavy atom. The number of anilines is 1. The fraction of sp³-hybridized carbons (Fsp3) is 0.269. The van der Waals surface area contributed by atoms with Crippen molar-refractivity contribution in [3.8, 4) is 5.75 Å². The van der Waals surface area contributed by atoms with E-state index >= 15 is 0 Å². The highest BCUT2D eigenvalue weighted by atomic mass is 32.2. The van der Waals surface area contributed by atoms with Gasteiger partial charge in [0.25, 0.3) is 10.0 Å². The summed E-state index contributed by atoms with van der Waals surface area (Å²) in [6, 6.07) is 21.3. The number of sulfonamides is 1. The summed E-state index contributed by atoms with van der Waals surface area (Å²) in [6.07, 6.45) is 2.79. The van der Waals surface area contributed by atoms with E-state index in [0.717, 1.165) is 34.7 Å². The lowest BCUT2D eigenvalue weighted by Crippen LogP contribution is -2.42. The summed E-state index contributed by atoms with van der Waals surface area (Å²) in [4.78, 5) is 13.3. The first-order valence-electron chi connectivity index (χ1n) is 11.0. The van der Waals surface area contributed by atoms with Crippen LogP contribution < -0.4 is 14.4 Å². The number of nitrogens with one attached hydrogen (secondary N) is 1. The van der Waals surface area contributed by atoms with E-state index in [9.17, 15) is 13.2 Å². The van der Waals surface area contributed by atoms with Crippen molar-refractivity contribution in [2.45, 2.75) is 37.1 Å². The molecule has 7 heteroatoms. The van der Waals surface area contributed by atoms with E-state index in [-0.39, 0.29) is 23.4 Å². The Morgan fingerprint density at radius 2 is 1.82 bits per heavy atom. The van der Waals surface area contributed by atoms with Crippen LogP contribution in [0.5, 0.6) is 5.75 Å². The topological polar surface area (TPSA) is 75.7 Å². The Balaban J connectivity index is 1.64. The largest absolute Gasteiger partial charge is 0.497 e. The van der Waals surface area contributed by atoms with Crippen LogP contribution in [0, 0.1) is 6.92 Å². The molecule has 0 saturated carbocycles. The molecule has 1 aliphatic carbocycles. The van der Waals surface area contributed by atoms with Crippen molar-refractivity contribution < 1.29 is 17.9 Å². The van der Waals surface area contributed by atoms with Crippen molar-refractivity contribution in [3.05, 3.63) is 89.5 Å². The lowest BCUT2D eigenvalue weighted by molar-refractivity contribution is -0.120. The fourth-order valence-electron chi connectivity index (χ4n) is 4.19. The third-order valence-corrected chi connectivity index (χ3v) is 7.73. The van der Waals surface area contributed by atoms with Gasteiger partial charge in [-0.2, -0.15) is 0 Å². The minimum absolute atomic E-state index is 0.128. The van der Waals surface area contributed by atoms with Gasteiger partial charge >= 0.3 is 0 Å². The van der Waals surface area contributed by atoms with Crippen molar-refractivity contribution in [2.75, 3.05) is 18.0 Å². The quantitative estimate of drug-likeness (QED) is 0.563. The number of carbonyl (C=O) groups is 1. The summed E-state index contributed by atoms with van der Waals surface area (Å²) in [7, 11) is -2.46. The van der Waals surface area contributed by atoms with Crippen molar-refractivity contribution in [1.29, 1.82) is 0 Å². The van der Waals surface area contributed by atoms with E-state index in [1.165, 1.54) is 12.7 Å². The van der Waals surface area contributed by atoms with Crippen LogP contribution in [-0.4, -0.2) is 28.0 Å². The zero-order chi connectivity index (χ0) is 23.4. The molecule has 33 heavy (non-hydrogen) atoms. The highest BCUT2D eigenvalue weighted by Crippen LogP contribution is 2.30. The monoisotopic (exact) mass is 464 g/mol. The van der Waals surface area contributed by atoms with Crippen molar-refractivity contribution in [1.82, 2.24) is 5.32 Å². The van der Waals surface area contributed by atoms with Crippen LogP contribution in [0.4, 0.5) is 5.69 Å². The molecule has 1 atom stereocenters. The van der Waals surface area contributed by atoms with Gasteiger partial charge in [0.2, 0.25) is 5.91 Å². The van der Waals surface area contributed by atoms with Crippen LogP contribution >= 0.6 is 0 Å². The van der Waals surface area contributed by atoms with Gasteiger partial charge in [-0.05, 0) is 61.6 Å². The molecule has 172 valence electrons. The number of ether oxygens (including phenoxy) is 1. The van der Waals surface area contributed by atoms with E-state index in [0.29, 0.717) is 11.4 Å². The number of aryl methyl sites for hydroxylation is 2. The first-order valence-corrected chi connectivity index (χ1v) is 12.4.